The van der Waals surface area contributed by atoms with Crippen LogP contribution in [-0.2, 0) is 21.4 Å². The SMILES string of the molecule is CC1(C)N=C(CCC2(N(Cc3ccc(C#N)cc3)S(=O)(=O)c3ccccc3)CCC2)N[C@H]1C(=O)NCCC(F)(F)F. The van der Waals surface area contributed by atoms with Gasteiger partial charge in [-0.1, -0.05) is 30.3 Å². The number of hydrogen-bond acceptors (Lipinski definition) is 6. The molecular formula is C29H34F3N5O3S. The van der Waals surface area contributed by atoms with E-state index >= 15 is 0 Å². The highest BCUT2D eigenvalue weighted by molar-refractivity contribution is 7.89. The van der Waals surface area contributed by atoms with Crippen LogP contribution in [0.4, 0.5) is 13.2 Å². The highest BCUT2D eigenvalue weighted by Crippen LogP contribution is 2.45. The molecule has 2 N–H and O–H groups in total. The molecule has 12 heteroatoms. The van der Waals surface area contributed by atoms with E-state index in [-0.39, 0.29) is 11.4 Å². The first kappa shape index (κ1) is 30.5. The van der Waals surface area contributed by atoms with Crippen molar-refractivity contribution in [2.75, 3.05) is 6.54 Å². The van der Waals surface area contributed by atoms with E-state index in [1.165, 1.54) is 0 Å². The molecule has 1 saturated carbocycles. The quantitative estimate of drug-likeness (QED) is 0.396. The Balaban J connectivity index is 1.53. The molecule has 220 valence electrons. The molecule has 0 bridgehead atoms. The molecule has 1 fully saturated rings. The molecule has 0 aromatic heterocycles. The highest BCUT2D eigenvalue weighted by atomic mass is 32.2. The number of nitriles is 1. The van der Waals surface area contributed by atoms with E-state index in [0.29, 0.717) is 37.1 Å². The molecule has 2 aromatic carbocycles. The Hall–Kier alpha value is -3.43. The molecule has 0 radical (unpaired) electrons. The van der Waals surface area contributed by atoms with Gasteiger partial charge in [0.25, 0.3) is 0 Å². The number of benzene rings is 2. The van der Waals surface area contributed by atoms with Crippen LogP contribution in [0.5, 0.6) is 0 Å². The van der Waals surface area contributed by atoms with Crippen molar-refractivity contribution in [2.45, 2.75) is 87.1 Å². The number of halogens is 3. The summed E-state index contributed by atoms with van der Waals surface area (Å²) < 4.78 is 67.2. The molecule has 0 saturated heterocycles. The topological polar surface area (TPSA) is 115 Å². The second kappa shape index (κ2) is 11.8. The fraction of sp³-hybridized carbons (Fsp3) is 0.483. The maximum absolute atomic E-state index is 14.0. The number of sulfonamides is 1. The Morgan fingerprint density at radius 2 is 1.80 bits per heavy atom. The summed E-state index contributed by atoms with van der Waals surface area (Å²) in [6.07, 6.45) is -2.53. The second-order valence-corrected chi connectivity index (χ2v) is 13.0. The summed E-state index contributed by atoms with van der Waals surface area (Å²) in [5, 5.41) is 14.6. The number of nitrogens with zero attached hydrogens (tertiary/aromatic N) is 3. The van der Waals surface area contributed by atoms with Crippen molar-refractivity contribution >= 4 is 21.8 Å². The molecule has 1 atom stereocenters. The molecule has 1 amide bonds. The average Bonchev–Trinajstić information content (AvgIpc) is 3.21. The van der Waals surface area contributed by atoms with Gasteiger partial charge in [0.15, 0.2) is 0 Å². The molecule has 0 unspecified atom stereocenters. The van der Waals surface area contributed by atoms with Crippen LogP contribution in [0.2, 0.25) is 0 Å². The van der Waals surface area contributed by atoms with Crippen LogP contribution in [0.15, 0.2) is 64.5 Å². The van der Waals surface area contributed by atoms with Crippen molar-refractivity contribution in [3.63, 3.8) is 0 Å². The van der Waals surface area contributed by atoms with Crippen molar-refractivity contribution in [3.05, 3.63) is 65.7 Å². The standard InChI is InChI=1S/C29H34F3N5O3S/c1-27(2)25(26(38)34-18-17-29(30,31)32)35-24(36-27)13-16-28(14-6-15-28)37(20-22-11-9-21(19-33)10-12-22)41(39,40)23-7-4-3-5-8-23/h3-5,7-12,25H,6,13-18,20H2,1-2H3,(H,34,38)(H,35,36)/t25-/m0/s1. The smallest absolute Gasteiger partial charge is 0.360 e. The predicted molar refractivity (Wildman–Crippen MR) is 148 cm³/mol. The van der Waals surface area contributed by atoms with Gasteiger partial charge in [-0.3, -0.25) is 9.79 Å². The van der Waals surface area contributed by atoms with E-state index in [4.69, 9.17) is 5.26 Å². The lowest BCUT2D eigenvalue weighted by molar-refractivity contribution is -0.136. The zero-order chi connectivity index (χ0) is 29.9. The maximum Gasteiger partial charge on any atom is 0.390 e. The average molecular weight is 590 g/mol. The highest BCUT2D eigenvalue weighted by Gasteiger charge is 2.49. The number of amidine groups is 1. The Bertz CT molecular complexity index is 1410. The number of rotatable bonds is 11. The summed E-state index contributed by atoms with van der Waals surface area (Å²) >= 11 is 0. The molecule has 8 nitrogen and oxygen atoms in total. The molecule has 4 rings (SSSR count). The number of carbonyl (C=O) groups is 1. The van der Waals surface area contributed by atoms with Crippen LogP contribution in [0, 0.1) is 11.3 Å². The van der Waals surface area contributed by atoms with Crippen LogP contribution in [-0.4, -0.2) is 54.3 Å². The van der Waals surface area contributed by atoms with Gasteiger partial charge >= 0.3 is 6.18 Å². The summed E-state index contributed by atoms with van der Waals surface area (Å²) in [5.41, 5.74) is -0.343. The van der Waals surface area contributed by atoms with Crippen LogP contribution in [0.1, 0.15) is 63.5 Å². The van der Waals surface area contributed by atoms with Gasteiger partial charge in [0.1, 0.15) is 6.04 Å². The first-order valence-electron chi connectivity index (χ1n) is 13.5. The zero-order valence-corrected chi connectivity index (χ0v) is 23.9. The van der Waals surface area contributed by atoms with Crippen LogP contribution in [0.25, 0.3) is 0 Å². The van der Waals surface area contributed by atoms with Gasteiger partial charge in [0, 0.05) is 25.0 Å². The Morgan fingerprint density at radius 1 is 1.15 bits per heavy atom. The third kappa shape index (κ3) is 7.08. The summed E-state index contributed by atoms with van der Waals surface area (Å²) in [5.74, 6) is -0.0434. The van der Waals surface area contributed by atoms with Crippen LogP contribution >= 0.6 is 0 Å². The largest absolute Gasteiger partial charge is 0.390 e. The maximum atomic E-state index is 14.0. The second-order valence-electron chi connectivity index (χ2n) is 11.2. The molecular weight excluding hydrogens is 555 g/mol. The first-order valence-corrected chi connectivity index (χ1v) is 15.0. The molecule has 0 spiro atoms. The van der Waals surface area contributed by atoms with Gasteiger partial charge < -0.3 is 10.6 Å². The van der Waals surface area contributed by atoms with E-state index in [9.17, 15) is 26.4 Å². The van der Waals surface area contributed by atoms with Gasteiger partial charge in [-0.15, -0.1) is 0 Å². The van der Waals surface area contributed by atoms with Crippen LogP contribution in [0.3, 0.4) is 0 Å². The molecule has 41 heavy (non-hydrogen) atoms. The van der Waals surface area contributed by atoms with E-state index < -0.39 is 52.2 Å². The van der Waals surface area contributed by atoms with Crippen molar-refractivity contribution in [3.8, 4) is 6.07 Å². The minimum Gasteiger partial charge on any atom is -0.360 e. The lowest BCUT2D eigenvalue weighted by atomic mass is 9.73. The number of carbonyl (C=O) groups excluding carboxylic acids is 1. The Kier molecular flexibility index (Phi) is 8.80. The Morgan fingerprint density at radius 3 is 2.37 bits per heavy atom. The number of aliphatic imine (C=N–C) groups is 1. The van der Waals surface area contributed by atoms with Gasteiger partial charge in [-0.2, -0.15) is 22.7 Å². The first-order chi connectivity index (χ1) is 19.3. The molecule has 1 aliphatic heterocycles. The van der Waals surface area contributed by atoms with E-state index in [1.807, 2.05) is 0 Å². The number of alkyl halides is 3. The lowest BCUT2D eigenvalue weighted by Gasteiger charge is -2.49. The van der Waals surface area contributed by atoms with Crippen molar-refractivity contribution in [1.82, 2.24) is 14.9 Å². The number of amides is 1. The third-order valence-electron chi connectivity index (χ3n) is 7.79. The summed E-state index contributed by atoms with van der Waals surface area (Å²) in [4.78, 5) is 17.5. The fourth-order valence-electron chi connectivity index (χ4n) is 5.37. The van der Waals surface area contributed by atoms with E-state index in [0.717, 1.165) is 12.0 Å². The monoisotopic (exact) mass is 589 g/mol. The Labute approximate surface area is 238 Å². The lowest BCUT2D eigenvalue weighted by Crippen LogP contribution is -2.56. The van der Waals surface area contributed by atoms with Crippen molar-refractivity contribution in [2.24, 2.45) is 4.99 Å². The molecule has 2 aromatic rings. The number of nitrogens with one attached hydrogen (secondary N) is 2. The van der Waals surface area contributed by atoms with Gasteiger partial charge in [0.05, 0.1) is 34.3 Å². The van der Waals surface area contributed by atoms with E-state index in [2.05, 4.69) is 21.7 Å². The van der Waals surface area contributed by atoms with Crippen LogP contribution < -0.4 is 10.6 Å². The molecule has 1 aliphatic carbocycles. The van der Waals surface area contributed by atoms with Gasteiger partial charge in [-0.05, 0) is 69.4 Å². The van der Waals surface area contributed by atoms with Gasteiger partial charge in [-0.25, -0.2) is 8.42 Å². The minimum absolute atomic E-state index is 0.124. The van der Waals surface area contributed by atoms with Gasteiger partial charge in [0.2, 0.25) is 15.9 Å². The fourth-order valence-corrected chi connectivity index (χ4v) is 7.23. The zero-order valence-electron chi connectivity index (χ0n) is 23.0. The van der Waals surface area contributed by atoms with Crippen molar-refractivity contribution < 1.29 is 26.4 Å². The predicted octanol–water partition coefficient (Wildman–Crippen LogP) is 4.67. The molecule has 2 aliphatic rings. The summed E-state index contributed by atoms with van der Waals surface area (Å²) in [7, 11) is -3.90. The van der Waals surface area contributed by atoms with E-state index in [1.54, 1.807) is 72.7 Å². The molecule has 1 heterocycles. The van der Waals surface area contributed by atoms with Crippen molar-refractivity contribution in [1.29, 1.82) is 5.26 Å². The summed E-state index contributed by atoms with van der Waals surface area (Å²) in [6, 6.07) is 16.3. The summed E-state index contributed by atoms with van der Waals surface area (Å²) in [6.45, 7) is 3.07. The third-order valence-corrected chi connectivity index (χ3v) is 9.76. The number of hydrogen-bond donors (Lipinski definition) is 2. The minimum atomic E-state index is -4.37. The normalized spacial score (nSPS) is 19.5.